The Morgan fingerprint density at radius 2 is 2.00 bits per heavy atom. The maximum atomic E-state index is 12.0. The lowest BCUT2D eigenvalue weighted by atomic mass is 9.99. The minimum absolute atomic E-state index is 0.0390. The molecule has 0 fully saturated rings. The van der Waals surface area contributed by atoms with Crippen molar-refractivity contribution in [3.8, 4) is 0 Å². The number of hydrogen-bond donors (Lipinski definition) is 1. The first-order valence-electron chi connectivity index (χ1n) is 5.84. The molecule has 0 saturated carbocycles. The van der Waals surface area contributed by atoms with E-state index in [1.807, 2.05) is 12.1 Å². The zero-order valence-corrected chi connectivity index (χ0v) is 10.7. The average molecular weight is 230 g/mol. The van der Waals surface area contributed by atoms with Crippen LogP contribution in [0.4, 0.5) is 0 Å². The van der Waals surface area contributed by atoms with Crippen molar-refractivity contribution in [2.75, 3.05) is 14.1 Å². The van der Waals surface area contributed by atoms with Crippen molar-refractivity contribution in [2.24, 2.45) is 0 Å². The average Bonchev–Trinajstić information content (AvgIpc) is 2.70. The summed E-state index contributed by atoms with van der Waals surface area (Å²) in [4.78, 5) is 16.8. The smallest absolute Gasteiger partial charge is 0.255 e. The third-order valence-electron chi connectivity index (χ3n) is 3.01. The van der Waals surface area contributed by atoms with Crippen LogP contribution in [0.3, 0.4) is 0 Å². The summed E-state index contributed by atoms with van der Waals surface area (Å²) in [6, 6.07) is 6.11. The zero-order valence-electron chi connectivity index (χ0n) is 10.7. The number of fused-ring (bicyclic) bond motifs is 1. The van der Waals surface area contributed by atoms with Crippen LogP contribution in [0, 0.1) is 0 Å². The summed E-state index contributed by atoms with van der Waals surface area (Å²) < 4.78 is 0. The third-order valence-corrected chi connectivity index (χ3v) is 3.01. The van der Waals surface area contributed by atoms with Crippen molar-refractivity contribution in [3.63, 3.8) is 0 Å². The van der Waals surface area contributed by atoms with Crippen LogP contribution >= 0.6 is 0 Å². The van der Waals surface area contributed by atoms with Gasteiger partial charge in [-0.3, -0.25) is 4.79 Å². The molecule has 0 bridgehead atoms. The number of hydrogen-bond acceptors (Lipinski definition) is 1. The lowest BCUT2D eigenvalue weighted by molar-refractivity contribution is 0.0829. The van der Waals surface area contributed by atoms with Gasteiger partial charge in [-0.1, -0.05) is 32.0 Å². The number of rotatable bonds is 2. The number of amides is 1. The normalized spacial score (nSPS) is 11.1. The van der Waals surface area contributed by atoms with Crippen molar-refractivity contribution in [3.05, 3.63) is 35.5 Å². The molecular weight excluding hydrogens is 212 g/mol. The molecule has 90 valence electrons. The molecule has 0 aliphatic rings. The topological polar surface area (TPSA) is 36.1 Å². The minimum atomic E-state index is 0.0390. The highest BCUT2D eigenvalue weighted by molar-refractivity contribution is 6.07. The second kappa shape index (κ2) is 4.24. The fourth-order valence-corrected chi connectivity index (χ4v) is 2.08. The first-order valence-corrected chi connectivity index (χ1v) is 5.84. The fourth-order valence-electron chi connectivity index (χ4n) is 2.08. The summed E-state index contributed by atoms with van der Waals surface area (Å²) in [5.74, 6) is 0.483. The molecule has 17 heavy (non-hydrogen) atoms. The second-order valence-electron chi connectivity index (χ2n) is 4.83. The standard InChI is InChI=1S/C14H18N2O/c1-9(2)10-6-5-7-11-12(8-15-13(10)11)14(17)16(3)4/h5-9,15H,1-4H3. The van der Waals surface area contributed by atoms with E-state index in [-0.39, 0.29) is 5.91 Å². The predicted molar refractivity (Wildman–Crippen MR) is 70.4 cm³/mol. The maximum absolute atomic E-state index is 12.0. The zero-order chi connectivity index (χ0) is 12.6. The highest BCUT2D eigenvalue weighted by Gasteiger charge is 2.15. The van der Waals surface area contributed by atoms with Crippen molar-refractivity contribution < 1.29 is 4.79 Å². The van der Waals surface area contributed by atoms with Gasteiger partial charge in [-0.2, -0.15) is 0 Å². The molecule has 3 heteroatoms. The van der Waals surface area contributed by atoms with E-state index in [2.05, 4.69) is 24.9 Å². The number of benzene rings is 1. The maximum Gasteiger partial charge on any atom is 0.255 e. The first kappa shape index (κ1) is 11.7. The van der Waals surface area contributed by atoms with Crippen LogP contribution < -0.4 is 0 Å². The van der Waals surface area contributed by atoms with Gasteiger partial charge in [-0.25, -0.2) is 0 Å². The fraction of sp³-hybridized carbons (Fsp3) is 0.357. The molecule has 1 aromatic carbocycles. The number of nitrogens with one attached hydrogen (secondary N) is 1. The van der Waals surface area contributed by atoms with Crippen LogP contribution in [-0.4, -0.2) is 29.9 Å². The lowest BCUT2D eigenvalue weighted by Crippen LogP contribution is -2.21. The van der Waals surface area contributed by atoms with E-state index < -0.39 is 0 Å². The summed E-state index contributed by atoms with van der Waals surface area (Å²) in [6.07, 6.45) is 1.80. The first-order chi connectivity index (χ1) is 8.02. The van der Waals surface area contributed by atoms with Crippen LogP contribution in [0.25, 0.3) is 10.9 Å². The van der Waals surface area contributed by atoms with E-state index in [1.165, 1.54) is 5.56 Å². The molecule has 0 radical (unpaired) electrons. The molecule has 0 aliphatic carbocycles. The SMILES string of the molecule is CC(C)c1cccc2c(C(=O)N(C)C)c[nH]c12. The van der Waals surface area contributed by atoms with Gasteiger partial charge in [0.1, 0.15) is 0 Å². The van der Waals surface area contributed by atoms with Crippen LogP contribution in [-0.2, 0) is 0 Å². The molecule has 1 aromatic heterocycles. The quantitative estimate of drug-likeness (QED) is 0.845. The van der Waals surface area contributed by atoms with E-state index in [9.17, 15) is 4.79 Å². The minimum Gasteiger partial charge on any atom is -0.360 e. The van der Waals surface area contributed by atoms with Gasteiger partial charge in [0.25, 0.3) is 5.91 Å². The second-order valence-corrected chi connectivity index (χ2v) is 4.83. The number of para-hydroxylation sites is 1. The molecule has 1 heterocycles. The molecule has 0 saturated heterocycles. The van der Waals surface area contributed by atoms with Crippen molar-refractivity contribution in [2.45, 2.75) is 19.8 Å². The Kier molecular flexibility index (Phi) is 2.92. The van der Waals surface area contributed by atoms with Crippen molar-refractivity contribution in [1.29, 1.82) is 0 Å². The number of nitrogens with zero attached hydrogens (tertiary/aromatic N) is 1. The molecule has 0 aliphatic heterocycles. The Balaban J connectivity index is 2.63. The Hall–Kier alpha value is -1.77. The van der Waals surface area contributed by atoms with E-state index in [4.69, 9.17) is 0 Å². The number of H-pyrrole nitrogens is 1. The Bertz CT molecular complexity index is 552. The van der Waals surface area contributed by atoms with Gasteiger partial charge < -0.3 is 9.88 Å². The largest absolute Gasteiger partial charge is 0.360 e. The van der Waals surface area contributed by atoms with Crippen LogP contribution in [0.1, 0.15) is 35.7 Å². The number of aromatic amines is 1. The van der Waals surface area contributed by atoms with E-state index in [0.717, 1.165) is 16.5 Å². The van der Waals surface area contributed by atoms with Crippen LogP contribution in [0.2, 0.25) is 0 Å². The Morgan fingerprint density at radius 1 is 1.29 bits per heavy atom. The molecule has 3 nitrogen and oxygen atoms in total. The van der Waals surface area contributed by atoms with Gasteiger partial charge in [0.15, 0.2) is 0 Å². The van der Waals surface area contributed by atoms with Crippen molar-refractivity contribution >= 4 is 16.8 Å². The van der Waals surface area contributed by atoms with E-state index >= 15 is 0 Å². The van der Waals surface area contributed by atoms with E-state index in [0.29, 0.717) is 5.92 Å². The van der Waals surface area contributed by atoms with Gasteiger partial charge in [-0.15, -0.1) is 0 Å². The van der Waals surface area contributed by atoms with Crippen LogP contribution in [0.15, 0.2) is 24.4 Å². The van der Waals surface area contributed by atoms with Crippen LogP contribution in [0.5, 0.6) is 0 Å². The van der Waals surface area contributed by atoms with Gasteiger partial charge in [-0.05, 0) is 11.5 Å². The van der Waals surface area contributed by atoms with Crippen molar-refractivity contribution in [1.82, 2.24) is 9.88 Å². The Labute approximate surface area is 101 Å². The number of aromatic nitrogens is 1. The van der Waals surface area contributed by atoms with E-state index in [1.54, 1.807) is 25.2 Å². The van der Waals surface area contributed by atoms with Gasteiger partial charge in [0, 0.05) is 31.2 Å². The van der Waals surface area contributed by atoms with Gasteiger partial charge in [0.2, 0.25) is 0 Å². The summed E-state index contributed by atoms with van der Waals surface area (Å²) in [5.41, 5.74) is 3.07. The molecule has 2 aromatic rings. The van der Waals surface area contributed by atoms with Gasteiger partial charge >= 0.3 is 0 Å². The third kappa shape index (κ3) is 1.93. The number of carbonyl (C=O) groups is 1. The van der Waals surface area contributed by atoms with Gasteiger partial charge in [0.05, 0.1) is 5.56 Å². The molecular formula is C14H18N2O. The number of carbonyl (C=O) groups excluding carboxylic acids is 1. The molecule has 2 rings (SSSR count). The molecule has 0 spiro atoms. The monoisotopic (exact) mass is 230 g/mol. The molecule has 0 unspecified atom stereocenters. The molecule has 0 atom stereocenters. The summed E-state index contributed by atoms with van der Waals surface area (Å²) in [6.45, 7) is 4.31. The highest BCUT2D eigenvalue weighted by Crippen LogP contribution is 2.27. The lowest BCUT2D eigenvalue weighted by Gasteiger charge is -2.10. The Morgan fingerprint density at radius 3 is 2.59 bits per heavy atom. The highest BCUT2D eigenvalue weighted by atomic mass is 16.2. The summed E-state index contributed by atoms with van der Waals surface area (Å²) in [7, 11) is 3.54. The molecule has 1 N–H and O–H groups in total. The summed E-state index contributed by atoms with van der Waals surface area (Å²) in [5, 5.41) is 1.01. The predicted octanol–water partition coefficient (Wildman–Crippen LogP) is 2.99. The molecule has 1 amide bonds. The summed E-state index contributed by atoms with van der Waals surface area (Å²) >= 11 is 0.